The lowest BCUT2D eigenvalue weighted by Crippen LogP contribution is -2.49. The van der Waals surface area contributed by atoms with E-state index in [1.54, 1.807) is 27.7 Å². The van der Waals surface area contributed by atoms with Gasteiger partial charge in [-0.25, -0.2) is 4.79 Å². The molecule has 0 rings (SSSR count). The van der Waals surface area contributed by atoms with Gasteiger partial charge in [0.05, 0.1) is 18.9 Å². The Morgan fingerprint density at radius 1 is 1.25 bits per heavy atom. The summed E-state index contributed by atoms with van der Waals surface area (Å²) in [5, 5.41) is 13.7. The summed E-state index contributed by atoms with van der Waals surface area (Å²) >= 11 is 0. The predicted octanol–water partition coefficient (Wildman–Crippen LogP) is 2.77. The normalized spacial score (nSPS) is 15.1. The maximum Gasteiger partial charge on any atom is 0.407 e. The first-order chi connectivity index (χ1) is 11.0. The molecule has 1 amide bonds. The summed E-state index contributed by atoms with van der Waals surface area (Å²) in [5.41, 5.74) is -0.677. The van der Waals surface area contributed by atoms with Crippen LogP contribution >= 0.6 is 0 Å². The highest BCUT2D eigenvalue weighted by Crippen LogP contribution is 2.21. The second-order valence-corrected chi connectivity index (χ2v) is 6.84. The largest absolute Gasteiger partial charge is 0.466 e. The van der Waals surface area contributed by atoms with E-state index < -0.39 is 41.1 Å². The van der Waals surface area contributed by atoms with Gasteiger partial charge in [0, 0.05) is 11.0 Å². The van der Waals surface area contributed by atoms with Crippen molar-refractivity contribution in [3.63, 3.8) is 0 Å². The molecule has 24 heavy (non-hydrogen) atoms. The third-order valence-corrected chi connectivity index (χ3v) is 3.57. The molecule has 0 aromatic rings. The third-order valence-electron chi connectivity index (χ3n) is 3.57. The van der Waals surface area contributed by atoms with Gasteiger partial charge in [0.2, 0.25) is 6.54 Å². The fraction of sp³-hybridized carbons (Fsp3) is 0.875. The zero-order valence-corrected chi connectivity index (χ0v) is 15.5. The minimum absolute atomic E-state index is 0.0584. The van der Waals surface area contributed by atoms with E-state index in [1.807, 2.05) is 13.8 Å². The molecule has 0 radical (unpaired) electrons. The van der Waals surface area contributed by atoms with Crippen molar-refractivity contribution in [1.29, 1.82) is 0 Å². The maximum atomic E-state index is 12.1. The number of nitrogens with zero attached hydrogens (tertiary/aromatic N) is 1. The van der Waals surface area contributed by atoms with E-state index in [9.17, 15) is 19.7 Å². The lowest BCUT2D eigenvalue weighted by Gasteiger charge is -2.31. The lowest BCUT2D eigenvalue weighted by atomic mass is 9.85. The average molecular weight is 346 g/mol. The number of alkyl carbamates (subject to hydrolysis) is 1. The Morgan fingerprint density at radius 3 is 2.25 bits per heavy atom. The van der Waals surface area contributed by atoms with Crippen LogP contribution in [0.25, 0.3) is 0 Å². The Balaban J connectivity index is 5.24. The second-order valence-electron chi connectivity index (χ2n) is 6.84. The Labute approximate surface area is 143 Å². The van der Waals surface area contributed by atoms with Gasteiger partial charge >= 0.3 is 12.1 Å². The number of nitrogens with one attached hydrogen (secondary N) is 1. The minimum Gasteiger partial charge on any atom is -0.466 e. The molecular formula is C16H30N2O6. The number of rotatable bonds is 9. The molecule has 0 aliphatic heterocycles. The molecule has 8 heteroatoms. The van der Waals surface area contributed by atoms with Gasteiger partial charge in [-0.3, -0.25) is 14.9 Å². The first kappa shape index (κ1) is 22.1. The summed E-state index contributed by atoms with van der Waals surface area (Å²) in [6.45, 7) is 10.4. The second kappa shape index (κ2) is 10.1. The van der Waals surface area contributed by atoms with Gasteiger partial charge in [-0.2, -0.15) is 0 Å². The van der Waals surface area contributed by atoms with Crippen molar-refractivity contribution in [2.24, 2.45) is 11.8 Å². The van der Waals surface area contributed by atoms with Gasteiger partial charge in [0.15, 0.2) is 0 Å². The highest BCUT2D eigenvalue weighted by Gasteiger charge is 2.34. The molecule has 0 aliphatic carbocycles. The van der Waals surface area contributed by atoms with Crippen LogP contribution in [0.15, 0.2) is 0 Å². The predicted molar refractivity (Wildman–Crippen MR) is 89.2 cm³/mol. The van der Waals surface area contributed by atoms with Crippen molar-refractivity contribution in [2.45, 2.75) is 66.0 Å². The topological polar surface area (TPSA) is 108 Å². The summed E-state index contributed by atoms with van der Waals surface area (Å²) in [7, 11) is 0. The minimum atomic E-state index is -0.677. The molecule has 1 N–H and O–H groups in total. The maximum absolute atomic E-state index is 12.1. The molecule has 140 valence electrons. The number of esters is 1. The molecule has 0 unspecified atom stereocenters. The van der Waals surface area contributed by atoms with Crippen molar-refractivity contribution < 1.29 is 24.0 Å². The van der Waals surface area contributed by atoms with Crippen molar-refractivity contribution in [3.8, 4) is 0 Å². The Hall–Kier alpha value is -1.86. The smallest absolute Gasteiger partial charge is 0.407 e. The molecule has 0 aliphatic rings. The van der Waals surface area contributed by atoms with Gasteiger partial charge in [-0.15, -0.1) is 0 Å². The van der Waals surface area contributed by atoms with Crippen molar-refractivity contribution in [3.05, 3.63) is 10.1 Å². The van der Waals surface area contributed by atoms with Gasteiger partial charge < -0.3 is 14.8 Å². The Bertz CT molecular complexity index is 433. The fourth-order valence-corrected chi connectivity index (χ4v) is 2.35. The zero-order chi connectivity index (χ0) is 18.9. The number of hydrogen-bond acceptors (Lipinski definition) is 6. The number of amides is 1. The number of carbonyl (C=O) groups excluding carboxylic acids is 2. The zero-order valence-electron chi connectivity index (χ0n) is 15.5. The van der Waals surface area contributed by atoms with E-state index >= 15 is 0 Å². The van der Waals surface area contributed by atoms with E-state index in [4.69, 9.17) is 9.47 Å². The average Bonchev–Trinajstić information content (AvgIpc) is 2.41. The molecule has 0 spiro atoms. The van der Waals surface area contributed by atoms with Crippen LogP contribution in [-0.4, -0.2) is 41.8 Å². The van der Waals surface area contributed by atoms with Crippen molar-refractivity contribution in [1.82, 2.24) is 5.32 Å². The highest BCUT2D eigenvalue weighted by molar-refractivity contribution is 5.70. The molecule has 0 saturated carbocycles. The van der Waals surface area contributed by atoms with Crippen LogP contribution < -0.4 is 5.32 Å². The van der Waals surface area contributed by atoms with E-state index in [-0.39, 0.29) is 18.9 Å². The number of nitro groups is 1. The van der Waals surface area contributed by atoms with Crippen LogP contribution in [0.5, 0.6) is 0 Å². The number of ether oxygens (including phenoxy) is 2. The fourth-order valence-electron chi connectivity index (χ4n) is 2.35. The lowest BCUT2D eigenvalue weighted by molar-refractivity contribution is -0.489. The SMILES string of the molecule is CCOC(=O)C[C@@H](C[N+](=O)[O-])[C@@H](NC(=O)OC(C)(C)C)[C@@H](C)CC. The van der Waals surface area contributed by atoms with Gasteiger partial charge in [-0.1, -0.05) is 20.3 Å². The van der Waals surface area contributed by atoms with Gasteiger partial charge in [-0.05, 0) is 33.6 Å². The summed E-state index contributed by atoms with van der Waals surface area (Å²) < 4.78 is 10.1. The third kappa shape index (κ3) is 9.32. The molecule has 0 aromatic carbocycles. The summed E-state index contributed by atoms with van der Waals surface area (Å²) in [5.74, 6) is -1.23. The van der Waals surface area contributed by atoms with E-state index in [1.165, 1.54) is 0 Å². The van der Waals surface area contributed by atoms with E-state index in [0.717, 1.165) is 0 Å². The van der Waals surface area contributed by atoms with Crippen LogP contribution in [-0.2, 0) is 14.3 Å². The van der Waals surface area contributed by atoms with E-state index in [2.05, 4.69) is 5.32 Å². The summed E-state index contributed by atoms with van der Waals surface area (Å²) in [6.07, 6.45) is -0.0815. The molecule has 0 heterocycles. The summed E-state index contributed by atoms with van der Waals surface area (Å²) in [6, 6.07) is -0.556. The number of hydrogen-bond donors (Lipinski definition) is 1. The van der Waals surface area contributed by atoms with Crippen LogP contribution in [0.1, 0.15) is 54.4 Å². The van der Waals surface area contributed by atoms with Crippen LogP contribution in [0.2, 0.25) is 0 Å². The molecule has 0 fully saturated rings. The molecule has 8 nitrogen and oxygen atoms in total. The monoisotopic (exact) mass is 346 g/mol. The van der Waals surface area contributed by atoms with Crippen LogP contribution in [0, 0.1) is 22.0 Å². The molecular weight excluding hydrogens is 316 g/mol. The quantitative estimate of drug-likeness (QED) is 0.391. The standard InChI is InChI=1S/C16H30N2O6/c1-7-11(3)14(17-15(20)24-16(4,5)6)12(10-18(21)22)9-13(19)23-8-2/h11-12,14H,7-10H2,1-6H3,(H,17,20)/t11-,12-,14-/m0/s1. The van der Waals surface area contributed by atoms with Crippen LogP contribution in [0.4, 0.5) is 4.79 Å². The molecule has 0 aromatic heterocycles. The molecule has 0 saturated heterocycles. The Kier molecular flexibility index (Phi) is 9.32. The first-order valence-corrected chi connectivity index (χ1v) is 8.27. The molecule has 0 bridgehead atoms. The van der Waals surface area contributed by atoms with Crippen LogP contribution in [0.3, 0.4) is 0 Å². The first-order valence-electron chi connectivity index (χ1n) is 8.27. The highest BCUT2D eigenvalue weighted by atomic mass is 16.6. The van der Waals surface area contributed by atoms with Gasteiger partial charge in [0.25, 0.3) is 0 Å². The Morgan fingerprint density at radius 2 is 1.83 bits per heavy atom. The molecule has 3 atom stereocenters. The van der Waals surface area contributed by atoms with Gasteiger partial charge in [0.1, 0.15) is 5.60 Å². The van der Waals surface area contributed by atoms with E-state index in [0.29, 0.717) is 6.42 Å². The number of carbonyl (C=O) groups is 2. The van der Waals surface area contributed by atoms with Crippen molar-refractivity contribution >= 4 is 12.1 Å². The van der Waals surface area contributed by atoms with Crippen molar-refractivity contribution in [2.75, 3.05) is 13.2 Å². The summed E-state index contributed by atoms with van der Waals surface area (Å²) in [4.78, 5) is 34.4.